The predicted molar refractivity (Wildman–Crippen MR) is 81.2 cm³/mol. The third-order valence-corrected chi connectivity index (χ3v) is 4.39. The largest absolute Gasteiger partial charge is 0.313 e. The summed E-state index contributed by atoms with van der Waals surface area (Å²) in [5, 5.41) is 3.41. The van der Waals surface area contributed by atoms with Crippen LogP contribution in [0.2, 0.25) is 0 Å². The molecule has 1 N–H and O–H groups in total. The molecule has 0 saturated heterocycles. The lowest BCUT2D eigenvalue weighted by atomic mass is 9.74. The van der Waals surface area contributed by atoms with E-state index in [4.69, 9.17) is 0 Å². The maximum atomic E-state index is 4.26. The molecule has 19 heavy (non-hydrogen) atoms. The van der Waals surface area contributed by atoms with E-state index in [1.165, 1.54) is 23.1 Å². The third-order valence-electron chi connectivity index (χ3n) is 3.96. The van der Waals surface area contributed by atoms with E-state index in [1.54, 1.807) is 0 Å². The molecule has 0 aliphatic heterocycles. The normalized spacial score (nSPS) is 18.5. The van der Waals surface area contributed by atoms with Gasteiger partial charge in [-0.05, 0) is 64.5 Å². The molecule has 3 rings (SSSR count). The quantitative estimate of drug-likeness (QED) is 0.927. The van der Waals surface area contributed by atoms with Crippen molar-refractivity contribution in [3.63, 3.8) is 0 Å². The summed E-state index contributed by atoms with van der Waals surface area (Å²) in [6.07, 6.45) is 6.12. The number of hydrogen-bond acceptors (Lipinski definition) is 2. The number of nitrogens with zero attached hydrogens (tertiary/aromatic N) is 1. The second kappa shape index (κ2) is 5.43. The lowest BCUT2D eigenvalue weighted by Crippen LogP contribution is -2.25. The minimum Gasteiger partial charge on any atom is -0.313 e. The van der Waals surface area contributed by atoms with Crippen molar-refractivity contribution in [1.29, 1.82) is 0 Å². The van der Waals surface area contributed by atoms with Gasteiger partial charge in [0.05, 0.1) is 0 Å². The molecule has 2 aromatic rings. The van der Waals surface area contributed by atoms with Gasteiger partial charge in [0.15, 0.2) is 0 Å². The van der Waals surface area contributed by atoms with Gasteiger partial charge in [-0.3, -0.25) is 4.98 Å². The number of hydrogen-bond donors (Lipinski definition) is 1. The van der Waals surface area contributed by atoms with Gasteiger partial charge in [0, 0.05) is 22.9 Å². The average Bonchev–Trinajstić information content (AvgIpc) is 2.40. The molecule has 2 unspecified atom stereocenters. The fourth-order valence-corrected chi connectivity index (χ4v) is 3.28. The van der Waals surface area contributed by atoms with E-state index in [1.807, 2.05) is 19.4 Å². The highest BCUT2D eigenvalue weighted by atomic mass is 79.9. The van der Waals surface area contributed by atoms with E-state index >= 15 is 0 Å². The maximum Gasteiger partial charge on any atom is 0.0410 e. The summed E-state index contributed by atoms with van der Waals surface area (Å²) in [6.45, 7) is 0. The first-order valence-corrected chi connectivity index (χ1v) is 7.42. The SMILES string of the molecule is CNC(CC1Cc2ccccc21)c1cncc(Br)c1. The van der Waals surface area contributed by atoms with Crippen LogP contribution in [0.1, 0.15) is 35.1 Å². The molecule has 0 radical (unpaired) electrons. The highest BCUT2D eigenvalue weighted by Crippen LogP contribution is 2.40. The second-order valence-electron chi connectivity index (χ2n) is 5.11. The molecule has 0 saturated carbocycles. The van der Waals surface area contributed by atoms with Crippen molar-refractivity contribution in [2.75, 3.05) is 7.05 Å². The summed E-state index contributed by atoms with van der Waals surface area (Å²) >= 11 is 3.49. The molecule has 0 amide bonds. The van der Waals surface area contributed by atoms with Crippen molar-refractivity contribution in [2.45, 2.75) is 24.8 Å². The summed E-state index contributed by atoms with van der Waals surface area (Å²) in [4.78, 5) is 4.26. The van der Waals surface area contributed by atoms with E-state index in [9.17, 15) is 0 Å². The van der Waals surface area contributed by atoms with Crippen LogP contribution in [0.25, 0.3) is 0 Å². The van der Waals surface area contributed by atoms with Gasteiger partial charge in [-0.2, -0.15) is 0 Å². The monoisotopic (exact) mass is 316 g/mol. The summed E-state index contributed by atoms with van der Waals surface area (Å²) in [7, 11) is 2.02. The van der Waals surface area contributed by atoms with Crippen LogP contribution < -0.4 is 5.32 Å². The van der Waals surface area contributed by atoms with Gasteiger partial charge in [0.1, 0.15) is 0 Å². The molecule has 1 heterocycles. The second-order valence-corrected chi connectivity index (χ2v) is 6.03. The first-order valence-electron chi connectivity index (χ1n) is 6.63. The Morgan fingerprint density at radius 1 is 1.37 bits per heavy atom. The zero-order valence-electron chi connectivity index (χ0n) is 10.9. The van der Waals surface area contributed by atoms with E-state index in [2.05, 4.69) is 56.6 Å². The van der Waals surface area contributed by atoms with Crippen LogP contribution in [0.5, 0.6) is 0 Å². The maximum absolute atomic E-state index is 4.26. The fraction of sp³-hybridized carbons (Fsp3) is 0.312. The molecule has 1 aromatic carbocycles. The first kappa shape index (κ1) is 12.8. The Balaban J connectivity index is 1.76. The van der Waals surface area contributed by atoms with Crippen LogP contribution in [0, 0.1) is 0 Å². The Bertz CT molecular complexity index is 582. The summed E-state index contributed by atoms with van der Waals surface area (Å²) in [5.74, 6) is 0.674. The number of fused-ring (bicyclic) bond motifs is 1. The minimum absolute atomic E-state index is 0.364. The number of pyridine rings is 1. The summed E-state index contributed by atoms with van der Waals surface area (Å²) < 4.78 is 1.04. The Kier molecular flexibility index (Phi) is 3.67. The van der Waals surface area contributed by atoms with Gasteiger partial charge in [0.25, 0.3) is 0 Å². The van der Waals surface area contributed by atoms with Gasteiger partial charge in [-0.15, -0.1) is 0 Å². The van der Waals surface area contributed by atoms with Crippen molar-refractivity contribution in [3.8, 4) is 0 Å². The molecule has 1 aliphatic rings. The smallest absolute Gasteiger partial charge is 0.0410 e. The Morgan fingerprint density at radius 2 is 2.21 bits per heavy atom. The standard InChI is InChI=1S/C16H17BrN2/c1-18-16(13-7-14(17)10-19-9-13)8-12-6-11-4-2-3-5-15(11)12/h2-5,7,9-10,12,16,18H,6,8H2,1H3. The highest BCUT2D eigenvalue weighted by molar-refractivity contribution is 9.10. The van der Waals surface area contributed by atoms with E-state index in [0.29, 0.717) is 12.0 Å². The van der Waals surface area contributed by atoms with Gasteiger partial charge in [-0.25, -0.2) is 0 Å². The number of halogens is 1. The van der Waals surface area contributed by atoms with Crippen molar-refractivity contribution < 1.29 is 0 Å². The van der Waals surface area contributed by atoms with E-state index in [0.717, 1.165) is 10.9 Å². The summed E-state index contributed by atoms with van der Waals surface area (Å²) in [5.41, 5.74) is 4.28. The number of benzene rings is 1. The lowest BCUT2D eigenvalue weighted by Gasteiger charge is -2.33. The Hall–Kier alpha value is -1.19. The molecule has 0 fully saturated rings. The van der Waals surface area contributed by atoms with Crippen molar-refractivity contribution in [3.05, 3.63) is 63.9 Å². The zero-order valence-corrected chi connectivity index (χ0v) is 12.5. The number of aromatic nitrogens is 1. The van der Waals surface area contributed by atoms with Crippen LogP contribution in [0.3, 0.4) is 0 Å². The fourth-order valence-electron chi connectivity index (χ4n) is 2.90. The Morgan fingerprint density at radius 3 is 2.95 bits per heavy atom. The predicted octanol–water partition coefficient (Wildman–Crippen LogP) is 3.83. The van der Waals surface area contributed by atoms with E-state index in [-0.39, 0.29) is 0 Å². The molecule has 3 heteroatoms. The molecule has 2 nitrogen and oxygen atoms in total. The number of rotatable bonds is 4. The molecule has 0 bridgehead atoms. The van der Waals surface area contributed by atoms with Crippen LogP contribution in [-0.4, -0.2) is 12.0 Å². The molecule has 1 aromatic heterocycles. The van der Waals surface area contributed by atoms with Crippen molar-refractivity contribution in [2.24, 2.45) is 0 Å². The molecular formula is C16H17BrN2. The molecule has 1 aliphatic carbocycles. The molecule has 2 atom stereocenters. The zero-order chi connectivity index (χ0) is 13.2. The summed E-state index contributed by atoms with van der Waals surface area (Å²) in [6, 6.07) is 11.3. The Labute approximate surface area is 122 Å². The number of nitrogens with one attached hydrogen (secondary N) is 1. The molecular weight excluding hydrogens is 300 g/mol. The van der Waals surface area contributed by atoms with Crippen molar-refractivity contribution >= 4 is 15.9 Å². The molecule has 0 spiro atoms. The van der Waals surface area contributed by atoms with Crippen LogP contribution in [-0.2, 0) is 6.42 Å². The van der Waals surface area contributed by atoms with E-state index < -0.39 is 0 Å². The van der Waals surface area contributed by atoms with Crippen LogP contribution in [0.15, 0.2) is 47.2 Å². The lowest BCUT2D eigenvalue weighted by molar-refractivity contribution is 0.451. The van der Waals surface area contributed by atoms with Gasteiger partial charge in [0.2, 0.25) is 0 Å². The topological polar surface area (TPSA) is 24.9 Å². The van der Waals surface area contributed by atoms with Gasteiger partial charge >= 0.3 is 0 Å². The van der Waals surface area contributed by atoms with Crippen molar-refractivity contribution in [1.82, 2.24) is 10.3 Å². The first-order chi connectivity index (χ1) is 9.28. The average molecular weight is 317 g/mol. The third kappa shape index (κ3) is 2.58. The minimum atomic E-state index is 0.364. The van der Waals surface area contributed by atoms with Gasteiger partial charge in [-0.1, -0.05) is 24.3 Å². The van der Waals surface area contributed by atoms with Crippen LogP contribution in [0.4, 0.5) is 0 Å². The highest BCUT2D eigenvalue weighted by Gasteiger charge is 2.28. The van der Waals surface area contributed by atoms with Crippen LogP contribution >= 0.6 is 15.9 Å². The van der Waals surface area contributed by atoms with Gasteiger partial charge < -0.3 is 5.32 Å². The molecule has 98 valence electrons.